The number of thiophene rings is 1. The van der Waals surface area contributed by atoms with Gasteiger partial charge in [-0.1, -0.05) is 6.07 Å². The SMILES string of the molecule is c1cc2c(ccc3cc4cocc4cc32)s1. The van der Waals surface area contributed by atoms with E-state index in [1.807, 2.05) is 0 Å². The predicted molar refractivity (Wildman–Crippen MR) is 69.1 cm³/mol. The van der Waals surface area contributed by atoms with Crippen LogP contribution in [0, 0.1) is 0 Å². The van der Waals surface area contributed by atoms with Crippen molar-refractivity contribution in [2.45, 2.75) is 0 Å². The maximum atomic E-state index is 5.23. The summed E-state index contributed by atoms with van der Waals surface area (Å²) < 4.78 is 6.58. The van der Waals surface area contributed by atoms with Gasteiger partial charge in [0.2, 0.25) is 0 Å². The smallest absolute Gasteiger partial charge is 0.0981 e. The number of fused-ring (bicyclic) bond motifs is 4. The van der Waals surface area contributed by atoms with E-state index in [0.717, 1.165) is 0 Å². The fourth-order valence-electron chi connectivity index (χ4n) is 2.24. The van der Waals surface area contributed by atoms with Crippen LogP contribution in [0.15, 0.2) is 52.7 Å². The van der Waals surface area contributed by atoms with Crippen LogP contribution in [0.4, 0.5) is 0 Å². The van der Waals surface area contributed by atoms with Crippen molar-refractivity contribution >= 4 is 43.0 Å². The van der Waals surface area contributed by atoms with Crippen molar-refractivity contribution in [2.24, 2.45) is 0 Å². The third kappa shape index (κ3) is 0.996. The van der Waals surface area contributed by atoms with Gasteiger partial charge in [0.25, 0.3) is 0 Å². The summed E-state index contributed by atoms with van der Waals surface area (Å²) in [6.07, 6.45) is 3.60. The molecule has 4 aromatic rings. The molecule has 2 aromatic carbocycles. The molecule has 0 saturated heterocycles. The van der Waals surface area contributed by atoms with E-state index in [9.17, 15) is 0 Å². The van der Waals surface area contributed by atoms with Crippen LogP contribution in [0.2, 0.25) is 0 Å². The lowest BCUT2D eigenvalue weighted by Gasteiger charge is -1.99. The van der Waals surface area contributed by atoms with E-state index in [1.165, 1.54) is 31.6 Å². The van der Waals surface area contributed by atoms with Crippen molar-refractivity contribution in [1.82, 2.24) is 0 Å². The predicted octanol–water partition coefficient (Wildman–Crippen LogP) is 4.80. The number of hydrogen-bond acceptors (Lipinski definition) is 2. The van der Waals surface area contributed by atoms with Gasteiger partial charge in [-0.15, -0.1) is 11.3 Å². The topological polar surface area (TPSA) is 13.1 Å². The zero-order valence-electron chi connectivity index (χ0n) is 8.44. The summed E-state index contributed by atoms with van der Waals surface area (Å²) in [7, 11) is 0. The zero-order chi connectivity index (χ0) is 10.5. The Morgan fingerprint density at radius 2 is 1.69 bits per heavy atom. The summed E-state index contributed by atoms with van der Waals surface area (Å²) >= 11 is 1.79. The highest BCUT2D eigenvalue weighted by molar-refractivity contribution is 7.17. The maximum absolute atomic E-state index is 5.23. The molecule has 0 radical (unpaired) electrons. The van der Waals surface area contributed by atoms with Crippen molar-refractivity contribution in [3.05, 3.63) is 48.2 Å². The van der Waals surface area contributed by atoms with Crippen molar-refractivity contribution in [1.29, 1.82) is 0 Å². The van der Waals surface area contributed by atoms with Gasteiger partial charge in [0.1, 0.15) is 0 Å². The molecule has 76 valence electrons. The summed E-state index contributed by atoms with van der Waals surface area (Å²) in [5.74, 6) is 0. The van der Waals surface area contributed by atoms with Crippen LogP contribution in [-0.4, -0.2) is 0 Å². The molecule has 2 aromatic heterocycles. The Labute approximate surface area is 95.9 Å². The molecule has 0 saturated carbocycles. The van der Waals surface area contributed by atoms with Gasteiger partial charge in [-0.05, 0) is 40.4 Å². The summed E-state index contributed by atoms with van der Waals surface area (Å²) in [6.45, 7) is 0. The van der Waals surface area contributed by atoms with E-state index in [0.29, 0.717) is 0 Å². The van der Waals surface area contributed by atoms with Gasteiger partial charge in [-0.2, -0.15) is 0 Å². The second kappa shape index (κ2) is 2.86. The van der Waals surface area contributed by atoms with Crippen molar-refractivity contribution in [2.75, 3.05) is 0 Å². The molecule has 0 fully saturated rings. The Morgan fingerprint density at radius 1 is 0.812 bits per heavy atom. The third-order valence-corrected chi connectivity index (χ3v) is 3.93. The first-order chi connectivity index (χ1) is 7.92. The van der Waals surface area contributed by atoms with Gasteiger partial charge in [-0.3, -0.25) is 0 Å². The highest BCUT2D eigenvalue weighted by Gasteiger charge is 2.04. The van der Waals surface area contributed by atoms with Gasteiger partial charge in [0.15, 0.2) is 0 Å². The second-order valence-electron chi connectivity index (χ2n) is 3.97. The molecular formula is C14H8OS. The van der Waals surface area contributed by atoms with Crippen LogP contribution < -0.4 is 0 Å². The van der Waals surface area contributed by atoms with Gasteiger partial charge in [-0.25, -0.2) is 0 Å². The van der Waals surface area contributed by atoms with Crippen molar-refractivity contribution in [3.8, 4) is 0 Å². The molecule has 1 nitrogen and oxygen atoms in total. The summed E-state index contributed by atoms with van der Waals surface area (Å²) in [4.78, 5) is 0. The molecular weight excluding hydrogens is 216 g/mol. The molecule has 0 atom stereocenters. The lowest BCUT2D eigenvalue weighted by Crippen LogP contribution is -1.73. The minimum Gasteiger partial charge on any atom is -0.471 e. The molecule has 16 heavy (non-hydrogen) atoms. The molecule has 0 amide bonds. The standard InChI is InChI=1S/C14H8OS/c1-2-14-12(3-4-16-14)13-6-11-8-15-7-10(11)5-9(1)13/h1-8H. The van der Waals surface area contributed by atoms with E-state index >= 15 is 0 Å². The minimum atomic E-state index is 1.17. The van der Waals surface area contributed by atoms with Crippen LogP contribution in [0.5, 0.6) is 0 Å². The summed E-state index contributed by atoms with van der Waals surface area (Å²) in [6, 6.07) is 11.0. The number of furan rings is 1. The number of benzene rings is 2. The molecule has 0 spiro atoms. The molecule has 4 rings (SSSR count). The molecule has 0 aliphatic carbocycles. The molecule has 0 aliphatic heterocycles. The van der Waals surface area contributed by atoms with Gasteiger partial charge in [0.05, 0.1) is 12.5 Å². The zero-order valence-corrected chi connectivity index (χ0v) is 9.25. The first-order valence-corrected chi connectivity index (χ1v) is 6.06. The average molecular weight is 224 g/mol. The highest BCUT2D eigenvalue weighted by atomic mass is 32.1. The van der Waals surface area contributed by atoms with Gasteiger partial charge >= 0.3 is 0 Å². The highest BCUT2D eigenvalue weighted by Crippen LogP contribution is 2.32. The summed E-state index contributed by atoms with van der Waals surface area (Å²) in [5, 5.41) is 8.41. The number of rotatable bonds is 0. The molecule has 2 heteroatoms. The molecule has 0 aliphatic rings. The number of hydrogen-bond donors (Lipinski definition) is 0. The quantitative estimate of drug-likeness (QED) is 0.418. The molecule has 2 heterocycles. The summed E-state index contributed by atoms with van der Waals surface area (Å²) in [5.41, 5.74) is 0. The first-order valence-electron chi connectivity index (χ1n) is 5.18. The maximum Gasteiger partial charge on any atom is 0.0981 e. The largest absolute Gasteiger partial charge is 0.471 e. The van der Waals surface area contributed by atoms with E-state index in [1.54, 1.807) is 23.9 Å². The minimum absolute atomic E-state index is 1.17. The Balaban J connectivity index is 2.33. The Morgan fingerprint density at radius 3 is 2.62 bits per heavy atom. The van der Waals surface area contributed by atoms with Crippen LogP contribution in [0.25, 0.3) is 31.6 Å². The first kappa shape index (κ1) is 8.36. The van der Waals surface area contributed by atoms with Gasteiger partial charge < -0.3 is 4.42 Å². The molecule has 0 N–H and O–H groups in total. The lowest BCUT2D eigenvalue weighted by molar-refractivity contribution is 0.572. The van der Waals surface area contributed by atoms with Crippen molar-refractivity contribution < 1.29 is 4.42 Å². The van der Waals surface area contributed by atoms with Crippen molar-refractivity contribution in [3.63, 3.8) is 0 Å². The fourth-order valence-corrected chi connectivity index (χ4v) is 3.05. The van der Waals surface area contributed by atoms with E-state index in [2.05, 4.69) is 35.7 Å². The third-order valence-electron chi connectivity index (χ3n) is 3.04. The normalized spacial score (nSPS) is 11.8. The van der Waals surface area contributed by atoms with E-state index < -0.39 is 0 Å². The Kier molecular flexibility index (Phi) is 1.50. The monoisotopic (exact) mass is 224 g/mol. The molecule has 0 unspecified atom stereocenters. The lowest BCUT2D eigenvalue weighted by atomic mass is 10.0. The second-order valence-corrected chi connectivity index (χ2v) is 4.92. The Bertz CT molecular complexity index is 806. The van der Waals surface area contributed by atoms with Crippen LogP contribution >= 0.6 is 11.3 Å². The van der Waals surface area contributed by atoms with Gasteiger partial charge in [0, 0.05) is 20.9 Å². The molecule has 0 bridgehead atoms. The van der Waals surface area contributed by atoms with E-state index in [4.69, 9.17) is 4.42 Å². The Hall–Kier alpha value is -1.80. The van der Waals surface area contributed by atoms with Crippen LogP contribution in [0.3, 0.4) is 0 Å². The average Bonchev–Trinajstić information content (AvgIpc) is 2.94. The van der Waals surface area contributed by atoms with Crippen LogP contribution in [-0.2, 0) is 0 Å². The van der Waals surface area contributed by atoms with E-state index in [-0.39, 0.29) is 0 Å². The van der Waals surface area contributed by atoms with Crippen LogP contribution in [0.1, 0.15) is 0 Å². The fraction of sp³-hybridized carbons (Fsp3) is 0.